The third kappa shape index (κ3) is 13.1. The lowest BCUT2D eigenvalue weighted by Gasteiger charge is -2.53. The number of hydrogen-bond donors (Lipinski definition) is 0. The molecular formula is C51H67N3O10Si. The Morgan fingerprint density at radius 2 is 1.26 bits per heavy atom. The minimum Gasteiger partial charge on any atom is -0.408 e. The van der Waals surface area contributed by atoms with Crippen LogP contribution in [0.2, 0.25) is 18.1 Å². The second-order valence-electron chi connectivity index (χ2n) is 18.5. The van der Waals surface area contributed by atoms with E-state index in [1.165, 1.54) is 0 Å². The Hall–Kier alpha value is -3.99. The zero-order chi connectivity index (χ0) is 45.7. The molecule has 11 atom stereocenters. The first kappa shape index (κ1) is 48.9. The van der Waals surface area contributed by atoms with Crippen LogP contribution in [0.3, 0.4) is 0 Å². The topological polar surface area (TPSA) is 141 Å². The monoisotopic (exact) mass is 909 g/mol. The first-order valence-corrected chi connectivity index (χ1v) is 26.0. The summed E-state index contributed by atoms with van der Waals surface area (Å²) >= 11 is 0. The number of ether oxygens (including phenoxy) is 9. The summed E-state index contributed by atoms with van der Waals surface area (Å²) in [6, 6.07) is 38.8. The van der Waals surface area contributed by atoms with Gasteiger partial charge in [-0.2, -0.15) is 0 Å². The van der Waals surface area contributed by atoms with Gasteiger partial charge in [-0.15, -0.1) is 0 Å². The van der Waals surface area contributed by atoms with Gasteiger partial charge >= 0.3 is 0 Å². The SMILES string of the molecule is CCCCCO[C@@H]1O[C@H](COCc2ccccc2)[C@@H](O[C@H]2O[C@@H]3CO[C@@H](c4ccccc4)O[C@H]3[C@H](O[Si](C)(C)C(C)(C)C)[C@@H]2OCc2ccccc2)[C@H](OCc2ccccc2)[C@H]1N=[N+]=[N-]. The normalized spacial score (nSPS) is 28.2. The molecule has 3 fully saturated rings. The van der Waals surface area contributed by atoms with Gasteiger partial charge in [-0.05, 0) is 46.8 Å². The van der Waals surface area contributed by atoms with Gasteiger partial charge in [0.2, 0.25) is 0 Å². The third-order valence-electron chi connectivity index (χ3n) is 12.7. The van der Waals surface area contributed by atoms with E-state index in [4.69, 9.17) is 47.1 Å². The van der Waals surface area contributed by atoms with Gasteiger partial charge in [0.1, 0.15) is 48.8 Å². The van der Waals surface area contributed by atoms with Crippen molar-refractivity contribution in [2.45, 2.75) is 153 Å². The van der Waals surface area contributed by atoms with Crippen LogP contribution in [-0.2, 0) is 66.9 Å². The lowest BCUT2D eigenvalue weighted by molar-refractivity contribution is -0.385. The first-order valence-electron chi connectivity index (χ1n) is 23.1. The smallest absolute Gasteiger partial charge is 0.192 e. The standard InChI is InChI=1S/C51H67N3O10Si/c1-7-8-21-30-56-49-42(53-54-52)45(57-32-37-24-15-10-16-25-37)43(40(60-49)34-55-31-36-22-13-9-14-23-36)63-50-47(58-33-38-26-17-11-18-27-38)46(64-65(5,6)51(2,3)4)44-41(61-50)35-59-48(62-44)39-28-19-12-20-29-39/h9-20,22-29,40-50H,7-8,21,30-35H2,1-6H3/t40-,41-,42-,43-,44-,45-,46+,47+,48-,49-,50-/m1/s1. The van der Waals surface area contributed by atoms with Crippen LogP contribution < -0.4 is 0 Å². The van der Waals surface area contributed by atoms with Crippen LogP contribution in [0.15, 0.2) is 126 Å². The Kier molecular flexibility index (Phi) is 17.8. The predicted octanol–water partition coefficient (Wildman–Crippen LogP) is 10.6. The molecule has 0 radical (unpaired) electrons. The Bertz CT molecular complexity index is 2040. The van der Waals surface area contributed by atoms with Crippen molar-refractivity contribution in [3.8, 4) is 0 Å². The van der Waals surface area contributed by atoms with Crippen LogP contribution in [0.1, 0.15) is 75.5 Å². The fraction of sp³-hybridized carbons (Fsp3) is 0.529. The molecule has 4 aromatic carbocycles. The van der Waals surface area contributed by atoms with Crippen LogP contribution in [0.5, 0.6) is 0 Å². The fourth-order valence-electron chi connectivity index (χ4n) is 8.07. The lowest BCUT2D eigenvalue weighted by atomic mass is 9.95. The molecule has 3 aliphatic heterocycles. The largest absolute Gasteiger partial charge is 0.408 e. The van der Waals surface area contributed by atoms with Crippen molar-refractivity contribution in [2.75, 3.05) is 19.8 Å². The summed E-state index contributed by atoms with van der Waals surface area (Å²) in [6.45, 7) is 14.7. The van der Waals surface area contributed by atoms with Gasteiger partial charge in [-0.3, -0.25) is 0 Å². The molecule has 0 aliphatic carbocycles. The summed E-state index contributed by atoms with van der Waals surface area (Å²) in [5.41, 5.74) is 13.9. The van der Waals surface area contributed by atoms with Crippen molar-refractivity contribution >= 4 is 8.32 Å². The molecule has 7 rings (SSSR count). The van der Waals surface area contributed by atoms with Crippen molar-refractivity contribution in [1.82, 2.24) is 0 Å². The summed E-state index contributed by atoms with van der Waals surface area (Å²) < 4.78 is 68.5. The molecule has 3 aliphatic rings. The maximum atomic E-state index is 10.1. The van der Waals surface area contributed by atoms with E-state index in [-0.39, 0.29) is 31.5 Å². The zero-order valence-electron chi connectivity index (χ0n) is 38.7. The van der Waals surface area contributed by atoms with Gasteiger partial charge in [-0.1, -0.05) is 167 Å². The molecular weight excluding hydrogens is 843 g/mol. The maximum absolute atomic E-state index is 10.1. The quantitative estimate of drug-likeness (QED) is 0.0261. The van der Waals surface area contributed by atoms with Crippen LogP contribution in [-0.4, -0.2) is 89.5 Å². The van der Waals surface area contributed by atoms with Crippen LogP contribution >= 0.6 is 0 Å². The highest BCUT2D eigenvalue weighted by molar-refractivity contribution is 6.74. The summed E-state index contributed by atoms with van der Waals surface area (Å²) in [5, 5.41) is 4.15. The number of nitrogens with zero attached hydrogens (tertiary/aromatic N) is 3. The molecule has 0 spiro atoms. The van der Waals surface area contributed by atoms with E-state index in [1.54, 1.807) is 0 Å². The summed E-state index contributed by atoms with van der Waals surface area (Å²) in [7, 11) is -2.53. The van der Waals surface area contributed by atoms with E-state index in [0.29, 0.717) is 13.2 Å². The molecule has 3 saturated heterocycles. The van der Waals surface area contributed by atoms with E-state index in [0.717, 1.165) is 41.5 Å². The Morgan fingerprint density at radius 1 is 0.677 bits per heavy atom. The van der Waals surface area contributed by atoms with Gasteiger partial charge in [-0.25, -0.2) is 0 Å². The Labute approximate surface area is 385 Å². The molecule has 0 aromatic heterocycles. The number of rotatable bonds is 21. The first-order chi connectivity index (χ1) is 31.5. The number of benzene rings is 4. The van der Waals surface area contributed by atoms with Crippen molar-refractivity contribution in [1.29, 1.82) is 0 Å². The fourth-order valence-corrected chi connectivity index (χ4v) is 9.37. The average molecular weight is 910 g/mol. The number of azide groups is 1. The highest BCUT2D eigenvalue weighted by Crippen LogP contribution is 2.44. The van der Waals surface area contributed by atoms with E-state index < -0.39 is 76.0 Å². The zero-order valence-corrected chi connectivity index (χ0v) is 39.7. The van der Waals surface area contributed by atoms with Crippen molar-refractivity contribution in [3.63, 3.8) is 0 Å². The van der Waals surface area contributed by atoms with Crippen molar-refractivity contribution in [3.05, 3.63) is 154 Å². The molecule has 350 valence electrons. The molecule has 0 N–H and O–H groups in total. The number of fused-ring (bicyclic) bond motifs is 1. The molecule has 0 unspecified atom stereocenters. The summed E-state index contributed by atoms with van der Waals surface area (Å²) in [4.78, 5) is 3.30. The Balaban J connectivity index is 1.28. The third-order valence-corrected chi connectivity index (χ3v) is 17.2. The number of unbranched alkanes of at least 4 members (excludes halogenated alkanes) is 2. The minimum atomic E-state index is -2.53. The highest BCUT2D eigenvalue weighted by atomic mass is 28.4. The van der Waals surface area contributed by atoms with E-state index >= 15 is 0 Å². The van der Waals surface area contributed by atoms with Gasteiger partial charge in [0.05, 0.1) is 33.0 Å². The molecule has 13 nitrogen and oxygen atoms in total. The predicted molar refractivity (Wildman–Crippen MR) is 249 cm³/mol. The second kappa shape index (κ2) is 23.6. The Morgan fingerprint density at radius 3 is 1.85 bits per heavy atom. The van der Waals surface area contributed by atoms with E-state index in [9.17, 15) is 5.53 Å². The van der Waals surface area contributed by atoms with Crippen molar-refractivity contribution < 1.29 is 47.1 Å². The van der Waals surface area contributed by atoms with Gasteiger partial charge in [0.25, 0.3) is 0 Å². The summed E-state index contributed by atoms with van der Waals surface area (Å²) in [6.07, 6.45) is -5.06. The van der Waals surface area contributed by atoms with Crippen LogP contribution in [0, 0.1) is 0 Å². The lowest BCUT2D eigenvalue weighted by Crippen LogP contribution is -2.68. The molecule has 14 heteroatoms. The highest BCUT2D eigenvalue weighted by Gasteiger charge is 2.57. The maximum Gasteiger partial charge on any atom is 0.192 e. The van der Waals surface area contributed by atoms with Crippen molar-refractivity contribution in [2.24, 2.45) is 5.11 Å². The van der Waals surface area contributed by atoms with Gasteiger partial charge in [0.15, 0.2) is 27.2 Å². The molecule has 4 aromatic rings. The summed E-state index contributed by atoms with van der Waals surface area (Å²) in [5.74, 6) is 0. The molecule has 0 bridgehead atoms. The van der Waals surface area contributed by atoms with Gasteiger partial charge in [0, 0.05) is 17.1 Å². The molecule has 3 heterocycles. The van der Waals surface area contributed by atoms with Gasteiger partial charge < -0.3 is 47.1 Å². The second-order valence-corrected chi connectivity index (χ2v) is 23.3. The van der Waals surface area contributed by atoms with Crippen LogP contribution in [0.25, 0.3) is 10.4 Å². The molecule has 65 heavy (non-hydrogen) atoms. The number of hydrogen-bond acceptors (Lipinski definition) is 11. The average Bonchev–Trinajstić information content (AvgIpc) is 3.31. The molecule has 0 saturated carbocycles. The van der Waals surface area contributed by atoms with E-state index in [2.05, 4.69) is 50.8 Å². The van der Waals surface area contributed by atoms with Crippen LogP contribution in [0.4, 0.5) is 0 Å². The van der Waals surface area contributed by atoms with E-state index in [1.807, 2.05) is 121 Å². The molecule has 0 amide bonds. The minimum absolute atomic E-state index is 0.103.